The van der Waals surface area contributed by atoms with Gasteiger partial charge in [0, 0.05) is 12.2 Å². The molecule has 0 saturated carbocycles. The van der Waals surface area contributed by atoms with Crippen molar-refractivity contribution < 1.29 is 13.9 Å². The van der Waals surface area contributed by atoms with Crippen molar-refractivity contribution in [3.8, 4) is 0 Å². The van der Waals surface area contributed by atoms with Gasteiger partial charge in [0.15, 0.2) is 5.82 Å². The minimum atomic E-state index is -0.653. The predicted octanol–water partition coefficient (Wildman–Crippen LogP) is 3.35. The van der Waals surface area contributed by atoms with Crippen molar-refractivity contribution in [3.63, 3.8) is 0 Å². The molecule has 0 radical (unpaired) electrons. The van der Waals surface area contributed by atoms with Crippen molar-refractivity contribution >= 4 is 34.9 Å². The van der Waals surface area contributed by atoms with E-state index in [4.69, 9.17) is 23.2 Å². The van der Waals surface area contributed by atoms with Crippen LogP contribution in [0.4, 0.5) is 10.1 Å². The monoisotopic (exact) mass is 279 g/mol. The van der Waals surface area contributed by atoms with E-state index in [2.05, 4.69) is 10.1 Å². The van der Waals surface area contributed by atoms with E-state index in [-0.39, 0.29) is 21.9 Å². The van der Waals surface area contributed by atoms with Crippen LogP contribution in [-0.4, -0.2) is 19.6 Å². The first-order valence-electron chi connectivity index (χ1n) is 4.92. The molecule has 0 aliphatic rings. The van der Waals surface area contributed by atoms with Crippen LogP contribution in [0.5, 0.6) is 0 Å². The molecule has 0 spiro atoms. The van der Waals surface area contributed by atoms with E-state index in [9.17, 15) is 9.18 Å². The summed E-state index contributed by atoms with van der Waals surface area (Å²) in [5.41, 5.74) is 0.553. The maximum absolute atomic E-state index is 13.1. The van der Waals surface area contributed by atoms with Gasteiger partial charge in [0.05, 0.1) is 23.1 Å². The van der Waals surface area contributed by atoms with Gasteiger partial charge in [0.2, 0.25) is 0 Å². The molecule has 0 fully saturated rings. The fourth-order valence-corrected chi connectivity index (χ4v) is 1.70. The molecule has 0 aromatic heterocycles. The molecule has 1 N–H and O–H groups in total. The molecule has 0 aliphatic carbocycles. The lowest BCUT2D eigenvalue weighted by Crippen LogP contribution is -2.21. The summed E-state index contributed by atoms with van der Waals surface area (Å²) in [5, 5.41) is 2.80. The summed E-state index contributed by atoms with van der Waals surface area (Å²) in [5.74, 6) is -1.29. The van der Waals surface area contributed by atoms with Gasteiger partial charge in [-0.1, -0.05) is 30.1 Å². The Bertz CT molecular complexity index is 403. The maximum Gasteiger partial charge on any atom is 0.310 e. The minimum Gasteiger partial charge on any atom is -0.469 e. The molecule has 94 valence electrons. The average Bonchev–Trinajstić information content (AvgIpc) is 2.31. The molecule has 1 aromatic carbocycles. The second kappa shape index (κ2) is 6.07. The number of hydrogen-bond acceptors (Lipinski definition) is 3. The molecule has 17 heavy (non-hydrogen) atoms. The summed E-state index contributed by atoms with van der Waals surface area (Å²) >= 11 is 11.3. The smallest absolute Gasteiger partial charge is 0.310 e. The molecule has 6 heteroatoms. The van der Waals surface area contributed by atoms with Gasteiger partial charge in [-0.2, -0.15) is 0 Å². The molecular weight excluding hydrogens is 268 g/mol. The number of carbonyl (C=O) groups is 1. The highest BCUT2D eigenvalue weighted by molar-refractivity contribution is 6.35. The lowest BCUT2D eigenvalue weighted by atomic mass is 10.2. The zero-order valence-corrected chi connectivity index (χ0v) is 10.9. The summed E-state index contributed by atoms with van der Waals surface area (Å²) in [4.78, 5) is 11.1. The molecule has 0 bridgehead atoms. The highest BCUT2D eigenvalue weighted by Crippen LogP contribution is 2.27. The number of carbonyl (C=O) groups excluding carboxylic acids is 1. The van der Waals surface area contributed by atoms with Crippen LogP contribution >= 0.6 is 23.2 Å². The van der Waals surface area contributed by atoms with E-state index in [1.807, 2.05) is 0 Å². The van der Waals surface area contributed by atoms with Gasteiger partial charge in [-0.3, -0.25) is 4.79 Å². The number of halogens is 3. The first kappa shape index (κ1) is 14.1. The second-order valence-corrected chi connectivity index (χ2v) is 4.37. The van der Waals surface area contributed by atoms with Gasteiger partial charge in [-0.05, 0) is 12.1 Å². The topological polar surface area (TPSA) is 38.3 Å². The van der Waals surface area contributed by atoms with E-state index in [0.29, 0.717) is 12.2 Å². The number of esters is 1. The molecule has 0 saturated heterocycles. The number of anilines is 1. The van der Waals surface area contributed by atoms with Crippen molar-refractivity contribution in [2.24, 2.45) is 5.92 Å². The van der Waals surface area contributed by atoms with Gasteiger partial charge in [-0.15, -0.1) is 0 Å². The third kappa shape index (κ3) is 3.75. The Balaban J connectivity index is 2.67. The zero-order chi connectivity index (χ0) is 13.0. The van der Waals surface area contributed by atoms with Gasteiger partial charge in [0.25, 0.3) is 0 Å². The second-order valence-electron chi connectivity index (χ2n) is 3.56. The SMILES string of the molecule is COC(=O)C(C)CNc1cc(Cl)c(F)c(Cl)c1. The van der Waals surface area contributed by atoms with Crippen LogP contribution < -0.4 is 5.32 Å². The Labute approximate surface area is 109 Å². The molecule has 1 rings (SSSR count). The highest BCUT2D eigenvalue weighted by atomic mass is 35.5. The lowest BCUT2D eigenvalue weighted by Gasteiger charge is -2.12. The zero-order valence-electron chi connectivity index (χ0n) is 9.39. The molecule has 0 amide bonds. The van der Waals surface area contributed by atoms with Crippen molar-refractivity contribution in [2.75, 3.05) is 19.0 Å². The van der Waals surface area contributed by atoms with Crippen LogP contribution in [0.25, 0.3) is 0 Å². The van der Waals surface area contributed by atoms with E-state index < -0.39 is 5.82 Å². The molecule has 0 aliphatic heterocycles. The first-order valence-corrected chi connectivity index (χ1v) is 5.67. The van der Waals surface area contributed by atoms with Crippen LogP contribution in [0.15, 0.2) is 12.1 Å². The quantitative estimate of drug-likeness (QED) is 0.679. The van der Waals surface area contributed by atoms with Crippen molar-refractivity contribution in [1.29, 1.82) is 0 Å². The van der Waals surface area contributed by atoms with E-state index >= 15 is 0 Å². The molecule has 0 heterocycles. The Kier molecular flexibility index (Phi) is 5.02. The van der Waals surface area contributed by atoms with Crippen molar-refractivity contribution in [3.05, 3.63) is 28.0 Å². The number of ether oxygens (including phenoxy) is 1. The van der Waals surface area contributed by atoms with Crippen molar-refractivity contribution in [1.82, 2.24) is 0 Å². The van der Waals surface area contributed by atoms with Gasteiger partial charge in [0.1, 0.15) is 0 Å². The van der Waals surface area contributed by atoms with E-state index in [1.165, 1.54) is 19.2 Å². The standard InChI is InChI=1S/C11H12Cl2FNO2/c1-6(11(16)17-2)5-15-7-3-8(12)10(14)9(13)4-7/h3-4,6,15H,5H2,1-2H3. The fraction of sp³-hybridized carbons (Fsp3) is 0.364. The number of nitrogens with one attached hydrogen (secondary N) is 1. The number of methoxy groups -OCH3 is 1. The third-order valence-corrected chi connectivity index (χ3v) is 2.75. The Morgan fingerprint density at radius 1 is 1.47 bits per heavy atom. The van der Waals surface area contributed by atoms with Gasteiger partial charge >= 0.3 is 5.97 Å². The van der Waals surface area contributed by atoms with Crippen LogP contribution in [0.1, 0.15) is 6.92 Å². The summed E-state index contributed by atoms with van der Waals surface area (Å²) in [6.07, 6.45) is 0. The summed E-state index contributed by atoms with van der Waals surface area (Å²) < 4.78 is 17.7. The van der Waals surface area contributed by atoms with Crippen LogP contribution in [-0.2, 0) is 9.53 Å². The lowest BCUT2D eigenvalue weighted by molar-refractivity contribution is -0.144. The van der Waals surface area contributed by atoms with Crippen molar-refractivity contribution in [2.45, 2.75) is 6.92 Å². The normalized spacial score (nSPS) is 12.1. The summed E-state index contributed by atoms with van der Waals surface area (Å²) in [6.45, 7) is 2.07. The Morgan fingerprint density at radius 2 is 2.00 bits per heavy atom. The summed E-state index contributed by atoms with van der Waals surface area (Å²) in [6, 6.07) is 2.82. The first-order chi connectivity index (χ1) is 7.95. The average molecular weight is 280 g/mol. The van der Waals surface area contributed by atoms with Crippen LogP contribution in [0.3, 0.4) is 0 Å². The predicted molar refractivity (Wildman–Crippen MR) is 66.1 cm³/mol. The third-order valence-electron chi connectivity index (χ3n) is 2.20. The van der Waals surface area contributed by atoms with Gasteiger partial charge in [-0.25, -0.2) is 4.39 Å². The molecule has 3 nitrogen and oxygen atoms in total. The summed E-state index contributed by atoms with van der Waals surface area (Å²) in [7, 11) is 1.32. The largest absolute Gasteiger partial charge is 0.469 e. The van der Waals surface area contributed by atoms with E-state index in [0.717, 1.165) is 0 Å². The number of hydrogen-bond donors (Lipinski definition) is 1. The van der Waals surface area contributed by atoms with E-state index in [1.54, 1.807) is 6.92 Å². The highest BCUT2D eigenvalue weighted by Gasteiger charge is 2.13. The maximum atomic E-state index is 13.1. The van der Waals surface area contributed by atoms with Gasteiger partial charge < -0.3 is 10.1 Å². The Morgan fingerprint density at radius 3 is 2.47 bits per heavy atom. The number of benzene rings is 1. The van der Waals surface area contributed by atoms with Crippen LogP contribution in [0, 0.1) is 11.7 Å². The minimum absolute atomic E-state index is 0.0641. The fourth-order valence-electron chi connectivity index (χ4n) is 1.21. The number of rotatable bonds is 4. The van der Waals surface area contributed by atoms with Crippen LogP contribution in [0.2, 0.25) is 10.0 Å². The molecule has 1 atom stereocenters. The molecule has 1 aromatic rings. The molecule has 1 unspecified atom stereocenters. The molecular formula is C11H12Cl2FNO2. The Hall–Kier alpha value is -1.00.